The Morgan fingerprint density at radius 1 is 0.838 bits per heavy atom. The van der Waals surface area contributed by atoms with Gasteiger partial charge < -0.3 is 9.84 Å². The van der Waals surface area contributed by atoms with Gasteiger partial charge in [0.25, 0.3) is 0 Å². The van der Waals surface area contributed by atoms with E-state index >= 15 is 0 Å². The molecule has 0 saturated carbocycles. The van der Waals surface area contributed by atoms with Crippen molar-refractivity contribution in [2.24, 2.45) is 0 Å². The zero-order valence-electron chi connectivity index (χ0n) is 20.9. The molecule has 0 fully saturated rings. The summed E-state index contributed by atoms with van der Waals surface area (Å²) in [7, 11) is 0. The minimum Gasteiger partial charge on any atom is -0.508 e. The molecule has 0 radical (unpaired) electrons. The van der Waals surface area contributed by atoms with Crippen LogP contribution in [-0.4, -0.2) is 27.3 Å². The molecule has 0 unspecified atom stereocenters. The van der Waals surface area contributed by atoms with Crippen LogP contribution in [0.4, 0.5) is 0 Å². The molecule has 0 aliphatic carbocycles. The minimum absolute atomic E-state index is 0.0230. The molecule has 5 heteroatoms. The van der Waals surface area contributed by atoms with Gasteiger partial charge in [-0.15, -0.1) is 0 Å². The highest BCUT2D eigenvalue weighted by atomic mass is 16.5. The fourth-order valence-electron chi connectivity index (χ4n) is 4.55. The van der Waals surface area contributed by atoms with Crippen LogP contribution in [0.2, 0.25) is 0 Å². The zero-order chi connectivity index (χ0) is 25.8. The Morgan fingerprint density at radius 2 is 1.54 bits per heavy atom. The summed E-state index contributed by atoms with van der Waals surface area (Å²) in [4.78, 5) is 11.4. The number of phenols is 1. The van der Waals surface area contributed by atoms with Crippen molar-refractivity contribution in [3.63, 3.8) is 0 Å². The molecule has 0 amide bonds. The first-order valence-corrected chi connectivity index (χ1v) is 12.3. The van der Waals surface area contributed by atoms with Gasteiger partial charge in [-0.25, -0.2) is 4.68 Å². The predicted molar refractivity (Wildman–Crippen MR) is 147 cm³/mol. The third kappa shape index (κ3) is 5.02. The maximum absolute atomic E-state index is 11.4. The van der Waals surface area contributed by atoms with E-state index in [1.54, 1.807) is 12.1 Å². The van der Waals surface area contributed by atoms with Crippen molar-refractivity contribution in [3.8, 4) is 50.7 Å². The van der Waals surface area contributed by atoms with E-state index in [4.69, 9.17) is 9.84 Å². The summed E-state index contributed by atoms with van der Waals surface area (Å²) in [6, 6.07) is 33.4. The molecular weight excluding hydrogens is 460 g/mol. The van der Waals surface area contributed by atoms with Crippen LogP contribution in [0.3, 0.4) is 0 Å². The molecule has 37 heavy (non-hydrogen) atoms. The van der Waals surface area contributed by atoms with Crippen molar-refractivity contribution < 1.29 is 14.6 Å². The predicted octanol–water partition coefficient (Wildman–Crippen LogP) is 7.11. The highest BCUT2D eigenvalue weighted by molar-refractivity contribution is 5.84. The van der Waals surface area contributed by atoms with Crippen LogP contribution in [0.5, 0.6) is 11.5 Å². The minimum atomic E-state index is -0.0230. The first-order chi connectivity index (χ1) is 18.0. The average Bonchev–Trinajstić information content (AvgIpc) is 3.32. The lowest BCUT2D eigenvalue weighted by atomic mass is 9.97. The number of hydrogen-bond acceptors (Lipinski definition) is 4. The fraction of sp³-hybridized carbons (Fsp3) is 0.125. The second kappa shape index (κ2) is 10.5. The molecule has 0 aliphatic heterocycles. The van der Waals surface area contributed by atoms with Gasteiger partial charge in [-0.3, -0.25) is 4.79 Å². The SMILES string of the molecule is CCc1c(-c2ccccc2)c(-c2ccc(O)cc2)nn1-c1ccccc1-c1cccc(OCC(C)=O)c1. The van der Waals surface area contributed by atoms with Gasteiger partial charge in [0.2, 0.25) is 0 Å². The average molecular weight is 489 g/mol. The van der Waals surface area contributed by atoms with Crippen molar-refractivity contribution in [1.29, 1.82) is 0 Å². The van der Waals surface area contributed by atoms with Crippen molar-refractivity contribution in [2.45, 2.75) is 20.3 Å². The second-order valence-electron chi connectivity index (χ2n) is 8.88. The van der Waals surface area contributed by atoms with Crippen molar-refractivity contribution in [1.82, 2.24) is 9.78 Å². The molecule has 0 spiro atoms. The largest absolute Gasteiger partial charge is 0.508 e. The van der Waals surface area contributed by atoms with Gasteiger partial charge in [0.05, 0.1) is 11.4 Å². The van der Waals surface area contributed by atoms with Crippen LogP contribution in [0.1, 0.15) is 19.5 Å². The fourth-order valence-corrected chi connectivity index (χ4v) is 4.55. The molecule has 1 aromatic heterocycles. The number of phenolic OH excluding ortho intramolecular Hbond substituents is 1. The molecule has 5 rings (SSSR count). The quantitative estimate of drug-likeness (QED) is 0.253. The molecule has 0 atom stereocenters. The molecule has 0 aliphatic rings. The Bertz CT molecular complexity index is 1540. The first-order valence-electron chi connectivity index (χ1n) is 12.3. The Balaban J connectivity index is 1.70. The van der Waals surface area contributed by atoms with E-state index in [1.807, 2.05) is 71.4 Å². The molecule has 1 N–H and O–H groups in total. The maximum atomic E-state index is 11.4. The highest BCUT2D eigenvalue weighted by Gasteiger charge is 2.22. The third-order valence-corrected chi connectivity index (χ3v) is 6.24. The van der Waals surface area contributed by atoms with Crippen LogP contribution in [0.15, 0.2) is 103 Å². The van der Waals surface area contributed by atoms with E-state index in [2.05, 4.69) is 31.2 Å². The standard InChI is InChI=1S/C32H28N2O3/c1-3-29-31(23-10-5-4-6-11-23)32(24-16-18-26(36)19-17-24)33-34(29)30-15-8-7-14-28(30)25-12-9-13-27(20-25)37-21-22(2)35/h4-20,36H,3,21H2,1-2H3. The Morgan fingerprint density at radius 3 is 2.27 bits per heavy atom. The molecule has 184 valence electrons. The Kier molecular flexibility index (Phi) is 6.86. The summed E-state index contributed by atoms with van der Waals surface area (Å²) in [5.74, 6) is 0.843. The second-order valence-corrected chi connectivity index (χ2v) is 8.88. The van der Waals surface area contributed by atoms with Crippen molar-refractivity contribution >= 4 is 5.78 Å². The monoisotopic (exact) mass is 488 g/mol. The summed E-state index contributed by atoms with van der Waals surface area (Å²) in [6.45, 7) is 3.69. The number of rotatable bonds is 8. The number of aromatic hydroxyl groups is 1. The van der Waals surface area contributed by atoms with Crippen LogP contribution < -0.4 is 4.74 Å². The van der Waals surface area contributed by atoms with Crippen LogP contribution in [0, 0.1) is 0 Å². The first kappa shape index (κ1) is 24.1. The van der Waals surface area contributed by atoms with Crippen LogP contribution in [-0.2, 0) is 11.2 Å². The summed E-state index contributed by atoms with van der Waals surface area (Å²) >= 11 is 0. The maximum Gasteiger partial charge on any atom is 0.167 e. The molecule has 5 aromatic rings. The number of aromatic nitrogens is 2. The number of benzene rings is 4. The van der Waals surface area contributed by atoms with Crippen LogP contribution >= 0.6 is 0 Å². The van der Waals surface area contributed by atoms with E-state index in [0.29, 0.717) is 5.75 Å². The van der Waals surface area contributed by atoms with Gasteiger partial charge >= 0.3 is 0 Å². The summed E-state index contributed by atoms with van der Waals surface area (Å²) in [6.07, 6.45) is 0.769. The number of nitrogens with zero attached hydrogens (tertiary/aromatic N) is 2. The molecule has 1 heterocycles. The van der Waals surface area contributed by atoms with Crippen LogP contribution in [0.25, 0.3) is 39.2 Å². The van der Waals surface area contributed by atoms with E-state index < -0.39 is 0 Å². The van der Waals surface area contributed by atoms with Gasteiger partial charge in [-0.2, -0.15) is 5.10 Å². The number of Topliss-reactive ketones (excluding diaryl/α,β-unsaturated/α-hetero) is 1. The Labute approximate surface area is 216 Å². The molecule has 5 nitrogen and oxygen atoms in total. The highest BCUT2D eigenvalue weighted by Crippen LogP contribution is 2.38. The number of carbonyl (C=O) groups is 1. The number of ether oxygens (including phenoxy) is 1. The normalized spacial score (nSPS) is 10.9. The molecule has 0 saturated heterocycles. The van der Waals surface area contributed by atoms with E-state index in [9.17, 15) is 9.90 Å². The number of carbonyl (C=O) groups excluding carboxylic acids is 1. The number of ketones is 1. The molecular formula is C32H28N2O3. The molecule has 4 aromatic carbocycles. The number of para-hydroxylation sites is 1. The topological polar surface area (TPSA) is 64.3 Å². The van der Waals surface area contributed by atoms with Gasteiger partial charge in [-0.05, 0) is 66.9 Å². The van der Waals surface area contributed by atoms with E-state index in [1.165, 1.54) is 6.92 Å². The third-order valence-electron chi connectivity index (χ3n) is 6.24. The lowest BCUT2D eigenvalue weighted by Gasteiger charge is -2.14. The summed E-state index contributed by atoms with van der Waals surface area (Å²) < 4.78 is 7.71. The molecule has 0 bridgehead atoms. The van der Waals surface area contributed by atoms with E-state index in [0.717, 1.165) is 51.3 Å². The lowest BCUT2D eigenvalue weighted by Crippen LogP contribution is -2.06. The van der Waals surface area contributed by atoms with Gasteiger partial charge in [0.15, 0.2) is 5.78 Å². The van der Waals surface area contributed by atoms with Crippen molar-refractivity contribution in [3.05, 3.63) is 109 Å². The van der Waals surface area contributed by atoms with Crippen molar-refractivity contribution in [2.75, 3.05) is 6.61 Å². The van der Waals surface area contributed by atoms with Gasteiger partial charge in [-0.1, -0.05) is 67.6 Å². The summed E-state index contributed by atoms with van der Waals surface area (Å²) in [5, 5.41) is 15.0. The lowest BCUT2D eigenvalue weighted by molar-refractivity contribution is -0.118. The van der Waals surface area contributed by atoms with E-state index in [-0.39, 0.29) is 18.1 Å². The number of hydrogen-bond donors (Lipinski definition) is 1. The van der Waals surface area contributed by atoms with Gasteiger partial charge in [0, 0.05) is 16.7 Å². The smallest absolute Gasteiger partial charge is 0.167 e. The Hall–Kier alpha value is -4.64. The van der Waals surface area contributed by atoms with Gasteiger partial charge in [0.1, 0.15) is 23.8 Å². The zero-order valence-corrected chi connectivity index (χ0v) is 20.9. The summed E-state index contributed by atoms with van der Waals surface area (Å²) in [5.41, 5.74) is 7.97.